The highest BCUT2D eigenvalue weighted by Crippen LogP contribution is 2.43. The number of hydrogen-bond acceptors (Lipinski definition) is 9. The average Bonchev–Trinajstić information content (AvgIpc) is 3.67. The Kier molecular flexibility index (Phi) is 8.45. The molecular formula is C25H25Cl2F3N6O4S. The predicted molar refractivity (Wildman–Crippen MR) is 144 cm³/mol. The van der Waals surface area contributed by atoms with Crippen molar-refractivity contribution in [2.45, 2.75) is 56.4 Å². The van der Waals surface area contributed by atoms with Crippen LogP contribution >= 0.6 is 34.5 Å². The van der Waals surface area contributed by atoms with Gasteiger partial charge in [-0.2, -0.15) is 18.3 Å². The molecule has 4 aromatic rings. The first-order valence-electron chi connectivity index (χ1n) is 12.4. The zero-order chi connectivity index (χ0) is 29.6. The first kappa shape index (κ1) is 29.9. The lowest BCUT2D eigenvalue weighted by molar-refractivity contribution is -0.216. The molecule has 1 saturated heterocycles. The maximum absolute atomic E-state index is 14.1. The van der Waals surface area contributed by atoms with Crippen molar-refractivity contribution < 1.29 is 32.9 Å². The van der Waals surface area contributed by atoms with E-state index in [1.54, 1.807) is 17.6 Å². The third-order valence-corrected chi connectivity index (χ3v) is 8.21. The van der Waals surface area contributed by atoms with Crippen molar-refractivity contribution in [1.29, 1.82) is 0 Å². The molecular weight excluding hydrogens is 608 g/mol. The van der Waals surface area contributed by atoms with Crippen LogP contribution in [0.1, 0.15) is 48.9 Å². The second kappa shape index (κ2) is 11.6. The predicted octanol–water partition coefficient (Wildman–Crippen LogP) is 5.09. The number of thiazole rings is 1. The molecule has 1 aliphatic heterocycles. The van der Waals surface area contributed by atoms with Crippen molar-refractivity contribution in [3.8, 4) is 16.4 Å². The number of rotatable bonds is 7. The van der Waals surface area contributed by atoms with Crippen LogP contribution in [0.25, 0.3) is 16.4 Å². The molecule has 3 aromatic heterocycles. The van der Waals surface area contributed by atoms with Gasteiger partial charge in [-0.05, 0) is 30.2 Å². The number of ether oxygens (including phenoxy) is 2. The van der Waals surface area contributed by atoms with E-state index in [-0.39, 0.29) is 27.5 Å². The molecule has 16 heteroatoms. The second-order valence-corrected chi connectivity index (χ2v) is 11.4. The fourth-order valence-corrected chi connectivity index (χ4v) is 5.86. The van der Waals surface area contributed by atoms with E-state index in [1.165, 1.54) is 29.2 Å². The highest BCUT2D eigenvalue weighted by Gasteiger charge is 2.49. The Bertz CT molecular complexity index is 1530. The first-order valence-corrected chi connectivity index (χ1v) is 14.0. The van der Waals surface area contributed by atoms with Crippen LogP contribution in [0.15, 0.2) is 35.8 Å². The Morgan fingerprint density at radius 3 is 2.59 bits per heavy atom. The third-order valence-electron chi connectivity index (χ3n) is 6.78. The van der Waals surface area contributed by atoms with E-state index in [2.05, 4.69) is 20.4 Å². The molecule has 0 radical (unpaired) electrons. The fourth-order valence-electron chi connectivity index (χ4n) is 4.80. The molecule has 41 heavy (non-hydrogen) atoms. The van der Waals surface area contributed by atoms with E-state index < -0.39 is 48.8 Å². The zero-order valence-corrected chi connectivity index (χ0v) is 24.2. The molecule has 1 aromatic carbocycles. The van der Waals surface area contributed by atoms with Crippen molar-refractivity contribution in [3.63, 3.8) is 0 Å². The number of halogens is 5. The van der Waals surface area contributed by atoms with Gasteiger partial charge in [-0.25, -0.2) is 14.3 Å². The quantitative estimate of drug-likeness (QED) is 0.289. The van der Waals surface area contributed by atoms with Gasteiger partial charge in [0.25, 0.3) is 0 Å². The highest BCUT2D eigenvalue weighted by molar-refractivity contribution is 7.13. The van der Waals surface area contributed by atoms with Crippen LogP contribution in [0.4, 0.5) is 13.2 Å². The van der Waals surface area contributed by atoms with Crippen molar-refractivity contribution in [1.82, 2.24) is 29.8 Å². The minimum absolute atomic E-state index is 0.0763. The number of nitrogens with zero attached hydrogens (tertiary/aromatic N) is 6. The lowest BCUT2D eigenvalue weighted by Crippen LogP contribution is -2.53. The molecule has 10 nitrogen and oxygen atoms in total. The minimum atomic E-state index is -4.71. The smallest absolute Gasteiger partial charge is 0.394 e. The maximum atomic E-state index is 14.1. The van der Waals surface area contributed by atoms with Crippen molar-refractivity contribution in [2.75, 3.05) is 13.7 Å². The number of aliphatic hydroxyl groups is 2. The summed E-state index contributed by atoms with van der Waals surface area (Å²) in [7, 11) is 1.38. The van der Waals surface area contributed by atoms with Crippen LogP contribution in [0, 0.1) is 0 Å². The fraction of sp³-hybridized carbons (Fsp3) is 0.440. The van der Waals surface area contributed by atoms with Gasteiger partial charge in [0.15, 0.2) is 0 Å². The van der Waals surface area contributed by atoms with E-state index in [9.17, 15) is 23.4 Å². The monoisotopic (exact) mass is 632 g/mol. The van der Waals surface area contributed by atoms with Gasteiger partial charge >= 0.3 is 6.18 Å². The summed E-state index contributed by atoms with van der Waals surface area (Å²) in [6.07, 6.45) is -7.75. The van der Waals surface area contributed by atoms with Crippen LogP contribution in [0.5, 0.6) is 0 Å². The molecule has 5 rings (SSSR count). The summed E-state index contributed by atoms with van der Waals surface area (Å²) < 4.78 is 56.7. The van der Waals surface area contributed by atoms with E-state index in [4.69, 9.17) is 32.7 Å². The molecule has 4 heterocycles. The number of benzene rings is 1. The summed E-state index contributed by atoms with van der Waals surface area (Å²) in [5.74, 6) is -0.161. The van der Waals surface area contributed by atoms with Gasteiger partial charge in [0.05, 0.1) is 35.4 Å². The second-order valence-electron chi connectivity index (χ2n) is 9.74. The van der Waals surface area contributed by atoms with Crippen LogP contribution in [-0.4, -0.2) is 72.0 Å². The van der Waals surface area contributed by atoms with Gasteiger partial charge in [0, 0.05) is 17.5 Å². The molecule has 0 spiro atoms. The third kappa shape index (κ3) is 5.74. The molecule has 1 fully saturated rings. The normalized spacial score (nSPS) is 23.4. The number of hydrogen-bond donors (Lipinski definition) is 2. The van der Waals surface area contributed by atoms with Gasteiger partial charge in [-0.15, -0.1) is 16.4 Å². The van der Waals surface area contributed by atoms with Crippen molar-refractivity contribution in [3.05, 3.63) is 63.0 Å². The Morgan fingerprint density at radius 2 is 1.98 bits per heavy atom. The van der Waals surface area contributed by atoms with E-state index in [1.807, 2.05) is 13.8 Å². The van der Waals surface area contributed by atoms with Crippen LogP contribution in [0.2, 0.25) is 10.2 Å². The van der Waals surface area contributed by atoms with Gasteiger partial charge in [0.1, 0.15) is 46.3 Å². The van der Waals surface area contributed by atoms with Gasteiger partial charge < -0.3 is 19.7 Å². The SMILES string of the molecule is CO[C@@H]1[C@@H](n2cc(-c3nc(Cl)cs3)nn2)[C@@H](O)[C@@H](CO)O[C@H]1c1cc(C(C)C)nn1-c1cc(Cl)ccc1C(F)(F)F. The molecule has 220 valence electrons. The molecule has 5 atom stereocenters. The van der Waals surface area contributed by atoms with E-state index in [0.29, 0.717) is 16.4 Å². The number of alkyl halides is 3. The van der Waals surface area contributed by atoms with Crippen molar-refractivity contribution in [2.24, 2.45) is 0 Å². The average molecular weight is 633 g/mol. The Labute approximate surface area is 246 Å². The van der Waals surface area contributed by atoms with Crippen LogP contribution < -0.4 is 0 Å². The largest absolute Gasteiger partial charge is 0.418 e. The van der Waals surface area contributed by atoms with E-state index >= 15 is 0 Å². The first-order chi connectivity index (χ1) is 19.4. The minimum Gasteiger partial charge on any atom is -0.394 e. The molecule has 1 aliphatic rings. The molecule has 0 unspecified atom stereocenters. The summed E-state index contributed by atoms with van der Waals surface area (Å²) in [6, 6.07) is 3.87. The van der Waals surface area contributed by atoms with Gasteiger partial charge in [-0.1, -0.05) is 42.3 Å². The number of methoxy groups -OCH3 is 1. The Morgan fingerprint density at radius 1 is 1.22 bits per heavy atom. The van der Waals surface area contributed by atoms with Crippen LogP contribution in [-0.2, 0) is 15.7 Å². The molecule has 2 N–H and O–H groups in total. The zero-order valence-electron chi connectivity index (χ0n) is 21.8. The Balaban J connectivity index is 1.65. The lowest BCUT2D eigenvalue weighted by atomic mass is 9.90. The maximum Gasteiger partial charge on any atom is 0.418 e. The summed E-state index contributed by atoms with van der Waals surface area (Å²) in [5, 5.41) is 36.6. The van der Waals surface area contributed by atoms with Crippen molar-refractivity contribution >= 4 is 34.5 Å². The summed E-state index contributed by atoms with van der Waals surface area (Å²) in [6.45, 7) is 3.10. The number of aromatic nitrogens is 6. The highest BCUT2D eigenvalue weighted by atomic mass is 35.5. The molecule has 0 bridgehead atoms. The van der Waals surface area contributed by atoms with Gasteiger partial charge in [0.2, 0.25) is 0 Å². The Hall–Kier alpha value is -2.59. The molecule has 0 saturated carbocycles. The topological polar surface area (TPSA) is 120 Å². The summed E-state index contributed by atoms with van der Waals surface area (Å²) >= 11 is 13.3. The van der Waals surface area contributed by atoms with E-state index in [0.717, 1.165) is 16.8 Å². The molecule has 0 amide bonds. The summed E-state index contributed by atoms with van der Waals surface area (Å²) in [5.41, 5.74) is -0.190. The standard InChI is InChI=1S/C25H25Cl2F3N6O4S/c1-11(2)14-7-17(36(33-14)16-6-12(26)4-5-13(16)25(28,29)30)22-23(39-3)20(21(38)18(9-37)40-22)35-8-15(32-34-35)24-31-19(27)10-41-24/h4-8,10-11,18,20-23,37-38H,9H2,1-3H3/t18-,20+,21+,22+,23-/m1/s1. The van der Waals surface area contributed by atoms with Crippen LogP contribution in [0.3, 0.4) is 0 Å². The molecule has 0 aliphatic carbocycles. The van der Waals surface area contributed by atoms with Gasteiger partial charge in [-0.3, -0.25) is 0 Å². The summed E-state index contributed by atoms with van der Waals surface area (Å²) in [4.78, 5) is 4.19. The lowest BCUT2D eigenvalue weighted by Gasteiger charge is -2.43. The number of aliphatic hydroxyl groups excluding tert-OH is 2.